The first-order valence-corrected chi connectivity index (χ1v) is 8.18. The van der Waals surface area contributed by atoms with Crippen LogP contribution in [-0.4, -0.2) is 17.0 Å². The third kappa shape index (κ3) is 3.62. The molecule has 1 amide bonds. The molecule has 0 radical (unpaired) electrons. The molecule has 0 spiro atoms. The van der Waals surface area contributed by atoms with Crippen molar-refractivity contribution in [3.63, 3.8) is 0 Å². The van der Waals surface area contributed by atoms with Gasteiger partial charge < -0.3 is 10.4 Å². The third-order valence-corrected chi connectivity index (χ3v) is 4.96. The molecule has 122 valence electrons. The van der Waals surface area contributed by atoms with Crippen LogP contribution in [0.15, 0.2) is 24.3 Å². The van der Waals surface area contributed by atoms with Gasteiger partial charge in [0.2, 0.25) is 0 Å². The quantitative estimate of drug-likeness (QED) is 0.863. The Kier molecular flexibility index (Phi) is 4.61. The number of hydrogen-bond donors (Lipinski definition) is 2. The van der Waals surface area contributed by atoms with Gasteiger partial charge in [0.1, 0.15) is 5.00 Å². The second-order valence-corrected chi connectivity index (χ2v) is 7.80. The highest BCUT2D eigenvalue weighted by molar-refractivity contribution is 7.16. The molecular weight excluding hydrogens is 310 g/mol. The standard InChI is InChI=1S/C18H21NO3S/c1-10-11(2)23-16(14(10)17(21)22)19-15(20)12-6-8-13(9-7-12)18(3,4)5/h6-9H,1-5H3,(H,19,20)(H,21,22). The van der Waals surface area contributed by atoms with E-state index in [1.807, 2.05) is 19.1 Å². The average Bonchev–Trinajstić information content (AvgIpc) is 2.73. The van der Waals surface area contributed by atoms with Crippen molar-refractivity contribution in [2.45, 2.75) is 40.0 Å². The summed E-state index contributed by atoms with van der Waals surface area (Å²) in [6.45, 7) is 9.93. The Balaban J connectivity index is 2.26. The fourth-order valence-electron chi connectivity index (χ4n) is 2.27. The largest absolute Gasteiger partial charge is 0.478 e. The van der Waals surface area contributed by atoms with E-state index in [4.69, 9.17) is 0 Å². The molecule has 2 rings (SSSR count). The van der Waals surface area contributed by atoms with E-state index in [0.717, 1.165) is 10.4 Å². The topological polar surface area (TPSA) is 66.4 Å². The van der Waals surface area contributed by atoms with Gasteiger partial charge in [-0.15, -0.1) is 11.3 Å². The van der Waals surface area contributed by atoms with Crippen LogP contribution in [0.2, 0.25) is 0 Å². The molecule has 0 aliphatic carbocycles. The van der Waals surface area contributed by atoms with Crippen molar-refractivity contribution < 1.29 is 14.7 Å². The van der Waals surface area contributed by atoms with E-state index in [1.165, 1.54) is 11.3 Å². The summed E-state index contributed by atoms with van der Waals surface area (Å²) in [5, 5.41) is 12.4. The first-order valence-electron chi connectivity index (χ1n) is 7.36. The molecule has 2 aromatic rings. The van der Waals surface area contributed by atoms with Crippen molar-refractivity contribution in [2.24, 2.45) is 0 Å². The van der Waals surface area contributed by atoms with Crippen molar-refractivity contribution in [1.82, 2.24) is 0 Å². The molecule has 4 nitrogen and oxygen atoms in total. The van der Waals surface area contributed by atoms with Crippen LogP contribution in [0.1, 0.15) is 57.5 Å². The molecule has 0 saturated heterocycles. The summed E-state index contributed by atoms with van der Waals surface area (Å²) in [6.07, 6.45) is 0. The molecule has 0 aliphatic heterocycles. The van der Waals surface area contributed by atoms with E-state index in [1.54, 1.807) is 19.1 Å². The normalized spacial score (nSPS) is 11.3. The van der Waals surface area contributed by atoms with Crippen LogP contribution in [0, 0.1) is 13.8 Å². The Morgan fingerprint density at radius 3 is 2.13 bits per heavy atom. The maximum absolute atomic E-state index is 12.4. The van der Waals surface area contributed by atoms with Crippen LogP contribution in [0.5, 0.6) is 0 Å². The molecule has 1 aromatic carbocycles. The number of carbonyl (C=O) groups excluding carboxylic acids is 1. The zero-order chi connectivity index (χ0) is 17.4. The first kappa shape index (κ1) is 17.2. The summed E-state index contributed by atoms with van der Waals surface area (Å²) in [5.74, 6) is -1.32. The van der Waals surface area contributed by atoms with Gasteiger partial charge >= 0.3 is 5.97 Å². The number of thiophene rings is 1. The van der Waals surface area contributed by atoms with Crippen molar-refractivity contribution in [1.29, 1.82) is 0 Å². The molecule has 0 fully saturated rings. The predicted molar refractivity (Wildman–Crippen MR) is 93.8 cm³/mol. The number of amides is 1. The monoisotopic (exact) mass is 331 g/mol. The Bertz CT molecular complexity index is 752. The number of aryl methyl sites for hydroxylation is 1. The summed E-state index contributed by atoms with van der Waals surface area (Å²) in [5.41, 5.74) is 2.54. The maximum atomic E-state index is 12.4. The van der Waals surface area contributed by atoms with Crippen molar-refractivity contribution >= 4 is 28.2 Å². The highest BCUT2D eigenvalue weighted by atomic mass is 32.1. The van der Waals surface area contributed by atoms with Crippen molar-refractivity contribution in [3.8, 4) is 0 Å². The summed E-state index contributed by atoms with van der Waals surface area (Å²) in [4.78, 5) is 24.6. The van der Waals surface area contributed by atoms with Crippen LogP contribution in [0.25, 0.3) is 0 Å². The van der Waals surface area contributed by atoms with E-state index < -0.39 is 5.97 Å². The van der Waals surface area contributed by atoms with Gasteiger partial charge in [0.15, 0.2) is 0 Å². The Hall–Kier alpha value is -2.14. The highest BCUT2D eigenvalue weighted by Crippen LogP contribution is 2.32. The lowest BCUT2D eigenvalue weighted by atomic mass is 9.87. The van der Waals surface area contributed by atoms with Crippen LogP contribution in [0.3, 0.4) is 0 Å². The Labute approximate surface area is 140 Å². The number of hydrogen-bond acceptors (Lipinski definition) is 3. The molecule has 0 bridgehead atoms. The average molecular weight is 331 g/mol. The predicted octanol–water partition coefficient (Wildman–Crippen LogP) is 4.61. The van der Waals surface area contributed by atoms with Gasteiger partial charge in [0.05, 0.1) is 5.56 Å². The summed E-state index contributed by atoms with van der Waals surface area (Å²) in [7, 11) is 0. The van der Waals surface area contributed by atoms with Gasteiger partial charge in [-0.05, 0) is 42.5 Å². The SMILES string of the molecule is Cc1sc(NC(=O)c2ccc(C(C)(C)C)cc2)c(C(=O)O)c1C. The lowest BCUT2D eigenvalue weighted by Gasteiger charge is -2.19. The van der Waals surface area contributed by atoms with Crippen LogP contribution in [-0.2, 0) is 5.41 Å². The minimum Gasteiger partial charge on any atom is -0.478 e. The molecule has 1 aromatic heterocycles. The van der Waals surface area contributed by atoms with E-state index >= 15 is 0 Å². The number of nitrogens with one attached hydrogen (secondary N) is 1. The zero-order valence-electron chi connectivity index (χ0n) is 14.0. The van der Waals surface area contributed by atoms with Gasteiger partial charge in [-0.2, -0.15) is 0 Å². The van der Waals surface area contributed by atoms with Crippen LogP contribution >= 0.6 is 11.3 Å². The Morgan fingerprint density at radius 1 is 1.09 bits per heavy atom. The first-order chi connectivity index (χ1) is 10.6. The molecule has 0 atom stereocenters. The lowest BCUT2D eigenvalue weighted by molar-refractivity contribution is 0.0697. The van der Waals surface area contributed by atoms with Gasteiger partial charge in [-0.3, -0.25) is 4.79 Å². The minimum absolute atomic E-state index is 0.0213. The minimum atomic E-state index is -1.02. The Morgan fingerprint density at radius 2 is 1.65 bits per heavy atom. The highest BCUT2D eigenvalue weighted by Gasteiger charge is 2.21. The molecule has 5 heteroatoms. The molecule has 1 heterocycles. The van der Waals surface area contributed by atoms with E-state index in [-0.39, 0.29) is 16.9 Å². The number of aromatic carboxylic acids is 1. The smallest absolute Gasteiger partial charge is 0.338 e. The van der Waals surface area contributed by atoms with Gasteiger partial charge in [-0.25, -0.2) is 4.79 Å². The van der Waals surface area contributed by atoms with Crippen molar-refractivity contribution in [3.05, 3.63) is 51.4 Å². The lowest BCUT2D eigenvalue weighted by Crippen LogP contribution is -2.15. The summed E-state index contributed by atoms with van der Waals surface area (Å²) in [6, 6.07) is 7.39. The van der Waals surface area contributed by atoms with E-state index in [0.29, 0.717) is 16.1 Å². The third-order valence-electron chi connectivity index (χ3n) is 3.84. The van der Waals surface area contributed by atoms with Crippen molar-refractivity contribution in [2.75, 3.05) is 5.32 Å². The van der Waals surface area contributed by atoms with E-state index in [9.17, 15) is 14.7 Å². The molecule has 2 N–H and O–H groups in total. The number of carbonyl (C=O) groups is 2. The zero-order valence-corrected chi connectivity index (χ0v) is 14.8. The molecule has 0 saturated carbocycles. The summed E-state index contributed by atoms with van der Waals surface area (Å²) < 4.78 is 0. The fraction of sp³-hybridized carbons (Fsp3) is 0.333. The number of carboxylic acids is 1. The van der Waals surface area contributed by atoms with Crippen LogP contribution < -0.4 is 5.32 Å². The molecule has 0 aliphatic rings. The number of anilines is 1. The van der Waals surface area contributed by atoms with Gasteiger partial charge in [0, 0.05) is 10.4 Å². The fourth-order valence-corrected chi connectivity index (χ4v) is 3.32. The number of benzene rings is 1. The van der Waals surface area contributed by atoms with Crippen LogP contribution in [0.4, 0.5) is 5.00 Å². The second kappa shape index (κ2) is 6.16. The second-order valence-electron chi connectivity index (χ2n) is 6.57. The molecular formula is C18H21NO3S. The van der Waals surface area contributed by atoms with Gasteiger partial charge in [-0.1, -0.05) is 32.9 Å². The molecule has 0 unspecified atom stereocenters. The van der Waals surface area contributed by atoms with Gasteiger partial charge in [0.25, 0.3) is 5.91 Å². The summed E-state index contributed by atoms with van der Waals surface area (Å²) >= 11 is 1.29. The maximum Gasteiger partial charge on any atom is 0.338 e. The number of rotatable bonds is 3. The van der Waals surface area contributed by atoms with E-state index in [2.05, 4.69) is 26.1 Å². The number of carboxylic acid groups (broad SMARTS) is 1. The molecule has 23 heavy (non-hydrogen) atoms.